The van der Waals surface area contributed by atoms with E-state index in [1.165, 1.54) is 5.30 Å². The van der Waals surface area contributed by atoms with E-state index in [9.17, 15) is 0 Å². The van der Waals surface area contributed by atoms with Crippen molar-refractivity contribution in [2.45, 2.75) is 0 Å². The van der Waals surface area contributed by atoms with Crippen molar-refractivity contribution in [3.05, 3.63) is 30.3 Å². The van der Waals surface area contributed by atoms with Crippen LogP contribution in [0.5, 0.6) is 0 Å². The van der Waals surface area contributed by atoms with Crippen LogP contribution in [0, 0.1) is 0 Å². The van der Waals surface area contributed by atoms with Crippen LogP contribution in [0.15, 0.2) is 30.3 Å². The third-order valence-electron chi connectivity index (χ3n) is 0.865. The standard InChI is InChI=1S/C6H6P.Pd/c7-6-4-2-1-3-5-6;/h1-5,7H;/q-1;+1. The van der Waals surface area contributed by atoms with Gasteiger partial charge in [-0.2, -0.15) is 0 Å². The first-order chi connectivity index (χ1) is 3.93. The minimum atomic E-state index is 0.780. The van der Waals surface area contributed by atoms with Crippen LogP contribution in [0.2, 0.25) is 0 Å². The molecule has 0 nitrogen and oxygen atoms in total. The molecule has 0 spiro atoms. The van der Waals surface area contributed by atoms with Crippen LogP contribution in [-0.4, -0.2) is 0 Å². The van der Waals surface area contributed by atoms with E-state index in [1.807, 2.05) is 6.07 Å². The molecule has 0 fully saturated rings. The predicted octanol–water partition coefficient (Wildman–Crippen LogP) is 1.45. The van der Waals surface area contributed by atoms with Crippen molar-refractivity contribution in [3.8, 4) is 0 Å². The second-order valence-electron chi connectivity index (χ2n) is 1.45. The van der Waals surface area contributed by atoms with Crippen molar-refractivity contribution in [1.82, 2.24) is 0 Å². The molecule has 1 aromatic rings. The zero-order chi connectivity index (χ0) is 5.82. The molecule has 0 amide bonds. The summed E-state index contributed by atoms with van der Waals surface area (Å²) in [5.74, 6) is 0. The molecule has 0 saturated heterocycles. The van der Waals surface area contributed by atoms with E-state index >= 15 is 0 Å². The van der Waals surface area contributed by atoms with E-state index in [4.69, 9.17) is 0 Å². The van der Waals surface area contributed by atoms with Gasteiger partial charge in [-0.3, -0.25) is 0 Å². The topological polar surface area (TPSA) is 0 Å². The van der Waals surface area contributed by atoms with Crippen molar-refractivity contribution >= 4 is 12.1 Å². The Kier molecular flexibility index (Phi) is 2.70. The van der Waals surface area contributed by atoms with E-state index in [-0.39, 0.29) is 0 Å². The number of benzene rings is 1. The number of hydrogen-bond acceptors (Lipinski definition) is 0. The molecule has 1 unspecified atom stereocenters. The molecule has 2 heteroatoms. The summed E-state index contributed by atoms with van der Waals surface area (Å²) in [6.45, 7) is 0.780. The maximum atomic E-state index is 3.15. The fourth-order valence-electron chi connectivity index (χ4n) is 0.491. The second kappa shape index (κ2) is 3.36. The second-order valence-corrected chi connectivity index (χ2v) is 3.35. The molecule has 0 aliphatic rings. The Bertz CT molecular complexity index is 150. The third kappa shape index (κ3) is 1.68. The van der Waals surface area contributed by atoms with Crippen LogP contribution in [0.3, 0.4) is 0 Å². The van der Waals surface area contributed by atoms with Crippen LogP contribution < -0.4 is 5.30 Å². The zero-order valence-electron chi connectivity index (χ0n) is 4.20. The third-order valence-corrected chi connectivity index (χ3v) is 2.73. The van der Waals surface area contributed by atoms with Gasteiger partial charge in [0.15, 0.2) is 0 Å². The SMILES string of the molecule is [Pd][PH]c1ccccc1. The molecule has 0 aliphatic heterocycles. The summed E-state index contributed by atoms with van der Waals surface area (Å²) in [6.07, 6.45) is 0. The molecule has 0 heterocycles. The van der Waals surface area contributed by atoms with Gasteiger partial charge in [-0.15, -0.1) is 0 Å². The molecular formula is C6H6PPd. The van der Waals surface area contributed by atoms with Gasteiger partial charge >= 0.3 is 61.1 Å². The van der Waals surface area contributed by atoms with Gasteiger partial charge in [0.1, 0.15) is 0 Å². The molecule has 1 aromatic carbocycles. The van der Waals surface area contributed by atoms with Crippen molar-refractivity contribution < 1.29 is 18.7 Å². The zero-order valence-corrected chi connectivity index (χ0v) is 6.76. The first kappa shape index (κ1) is 6.43. The molecule has 1 atom stereocenters. The molecule has 0 bridgehead atoms. The van der Waals surface area contributed by atoms with E-state index in [1.54, 1.807) is 0 Å². The van der Waals surface area contributed by atoms with Gasteiger partial charge in [0.05, 0.1) is 0 Å². The van der Waals surface area contributed by atoms with Crippen molar-refractivity contribution in [1.29, 1.82) is 0 Å². The van der Waals surface area contributed by atoms with E-state index < -0.39 is 0 Å². The molecule has 8 heavy (non-hydrogen) atoms. The average Bonchev–Trinajstić information content (AvgIpc) is 1.90. The molecule has 45 valence electrons. The molecule has 0 saturated carbocycles. The first-order valence-electron chi connectivity index (χ1n) is 2.32. The summed E-state index contributed by atoms with van der Waals surface area (Å²) >= 11 is 3.15. The van der Waals surface area contributed by atoms with Crippen LogP contribution >= 0.6 is 6.77 Å². The fraction of sp³-hybridized carbons (Fsp3) is 0. The van der Waals surface area contributed by atoms with Gasteiger partial charge in [0.2, 0.25) is 0 Å². The Hall–Kier alpha value is 0.312. The van der Waals surface area contributed by atoms with Crippen molar-refractivity contribution in [2.75, 3.05) is 0 Å². The van der Waals surface area contributed by atoms with E-state index in [2.05, 4.69) is 43.0 Å². The Morgan fingerprint density at radius 2 is 1.75 bits per heavy atom. The molecular weight excluding hydrogens is 209 g/mol. The predicted molar refractivity (Wildman–Crippen MR) is 34.4 cm³/mol. The quantitative estimate of drug-likeness (QED) is 0.491. The van der Waals surface area contributed by atoms with Gasteiger partial charge in [0.25, 0.3) is 0 Å². The van der Waals surface area contributed by atoms with Crippen molar-refractivity contribution in [3.63, 3.8) is 0 Å². The Morgan fingerprint density at radius 1 is 1.12 bits per heavy atom. The van der Waals surface area contributed by atoms with Gasteiger partial charge in [0, 0.05) is 0 Å². The molecule has 0 aromatic heterocycles. The molecule has 0 N–H and O–H groups in total. The summed E-state index contributed by atoms with van der Waals surface area (Å²) in [5, 5.41) is 1.37. The first-order valence-corrected chi connectivity index (χ1v) is 5.47. The molecule has 0 radical (unpaired) electrons. The monoisotopic (exact) mass is 215 g/mol. The summed E-state index contributed by atoms with van der Waals surface area (Å²) in [4.78, 5) is 0. The fourth-order valence-corrected chi connectivity index (χ4v) is 1.57. The maximum absolute atomic E-state index is 3.15. The van der Waals surface area contributed by atoms with E-state index in [0.717, 1.165) is 6.77 Å². The normalized spacial score (nSPS) is 10.8. The van der Waals surface area contributed by atoms with Crippen molar-refractivity contribution in [2.24, 2.45) is 0 Å². The minimum absolute atomic E-state index is 0.780. The molecule has 1 rings (SSSR count). The average molecular weight is 216 g/mol. The van der Waals surface area contributed by atoms with Gasteiger partial charge in [-0.05, 0) is 0 Å². The number of rotatable bonds is 1. The van der Waals surface area contributed by atoms with Crippen LogP contribution in [-0.2, 0) is 18.7 Å². The summed E-state index contributed by atoms with van der Waals surface area (Å²) in [7, 11) is 0. The van der Waals surface area contributed by atoms with Crippen LogP contribution in [0.25, 0.3) is 0 Å². The van der Waals surface area contributed by atoms with Gasteiger partial charge in [-0.25, -0.2) is 0 Å². The van der Waals surface area contributed by atoms with Crippen LogP contribution in [0.1, 0.15) is 0 Å². The Balaban J connectivity index is 2.83. The summed E-state index contributed by atoms with van der Waals surface area (Å²) in [5.41, 5.74) is 0. The van der Waals surface area contributed by atoms with Crippen LogP contribution in [0.4, 0.5) is 0 Å². The molecule has 0 aliphatic carbocycles. The Labute approximate surface area is 61.4 Å². The number of hydrogen-bond donors (Lipinski definition) is 0. The Morgan fingerprint density at radius 3 is 2.12 bits per heavy atom. The van der Waals surface area contributed by atoms with Gasteiger partial charge in [-0.1, -0.05) is 0 Å². The van der Waals surface area contributed by atoms with E-state index in [0.29, 0.717) is 0 Å². The summed E-state index contributed by atoms with van der Waals surface area (Å²) < 4.78 is 0. The summed E-state index contributed by atoms with van der Waals surface area (Å²) in [6, 6.07) is 10.4. The van der Waals surface area contributed by atoms with Gasteiger partial charge < -0.3 is 0 Å².